The van der Waals surface area contributed by atoms with Crippen molar-refractivity contribution in [3.05, 3.63) is 65.2 Å². The zero-order chi connectivity index (χ0) is 19.8. The van der Waals surface area contributed by atoms with Gasteiger partial charge in [-0.05, 0) is 37.1 Å². The first-order valence-corrected chi connectivity index (χ1v) is 10.0. The van der Waals surface area contributed by atoms with E-state index in [2.05, 4.69) is 0 Å². The Balaban J connectivity index is 1.43. The number of hydrogen-bond acceptors (Lipinski definition) is 3. The number of nitrogens with zero attached hydrogens (tertiary/aromatic N) is 2. The molecule has 1 fully saturated rings. The standard InChI is InChI=1S/C22H25ClN2O3/c23-19-10-4-5-11-20(19)28-17-6-12-21(26)24-13-7-14-25(16-15-24)22(27)18-8-2-1-3-9-18/h1-5,8-11H,6-7,12-17H2. The zero-order valence-electron chi connectivity index (χ0n) is 15.9. The van der Waals surface area contributed by atoms with Crippen LogP contribution < -0.4 is 4.74 Å². The van der Waals surface area contributed by atoms with E-state index in [-0.39, 0.29) is 11.8 Å². The molecule has 148 valence electrons. The maximum atomic E-state index is 12.6. The Kier molecular flexibility index (Phi) is 7.31. The molecule has 0 spiro atoms. The molecule has 1 aliphatic heterocycles. The van der Waals surface area contributed by atoms with E-state index in [0.717, 1.165) is 6.42 Å². The minimum Gasteiger partial charge on any atom is -0.492 e. The summed E-state index contributed by atoms with van der Waals surface area (Å²) in [5.41, 5.74) is 0.694. The van der Waals surface area contributed by atoms with Gasteiger partial charge in [0.25, 0.3) is 5.91 Å². The van der Waals surface area contributed by atoms with E-state index in [0.29, 0.717) is 62.0 Å². The van der Waals surface area contributed by atoms with Crippen molar-refractivity contribution in [1.29, 1.82) is 0 Å². The highest BCUT2D eigenvalue weighted by molar-refractivity contribution is 6.32. The Hall–Kier alpha value is -2.53. The lowest BCUT2D eigenvalue weighted by molar-refractivity contribution is -0.131. The molecule has 2 aromatic rings. The molecule has 1 aliphatic rings. The van der Waals surface area contributed by atoms with Crippen LogP contribution in [-0.2, 0) is 4.79 Å². The normalized spacial score (nSPS) is 14.5. The van der Waals surface area contributed by atoms with Gasteiger partial charge in [-0.25, -0.2) is 0 Å². The van der Waals surface area contributed by atoms with E-state index in [1.54, 1.807) is 6.07 Å². The van der Waals surface area contributed by atoms with Gasteiger partial charge in [-0.3, -0.25) is 9.59 Å². The van der Waals surface area contributed by atoms with E-state index >= 15 is 0 Å². The van der Waals surface area contributed by atoms with Crippen LogP contribution in [0.25, 0.3) is 0 Å². The molecule has 6 heteroatoms. The van der Waals surface area contributed by atoms with Crippen LogP contribution in [0.5, 0.6) is 5.75 Å². The minimum atomic E-state index is 0.0306. The zero-order valence-corrected chi connectivity index (χ0v) is 16.6. The fraction of sp³-hybridized carbons (Fsp3) is 0.364. The largest absolute Gasteiger partial charge is 0.492 e. The molecule has 0 atom stereocenters. The summed E-state index contributed by atoms with van der Waals surface area (Å²) in [5, 5.41) is 0.574. The highest BCUT2D eigenvalue weighted by Gasteiger charge is 2.22. The molecular formula is C22H25ClN2O3. The van der Waals surface area contributed by atoms with Crippen molar-refractivity contribution in [3.63, 3.8) is 0 Å². The van der Waals surface area contributed by atoms with E-state index in [4.69, 9.17) is 16.3 Å². The van der Waals surface area contributed by atoms with E-state index in [9.17, 15) is 9.59 Å². The van der Waals surface area contributed by atoms with Gasteiger partial charge in [0.1, 0.15) is 5.75 Å². The molecule has 0 radical (unpaired) electrons. The quantitative estimate of drug-likeness (QED) is 0.691. The predicted octanol–water partition coefficient (Wildman–Crippen LogP) is 3.87. The van der Waals surface area contributed by atoms with Gasteiger partial charge in [-0.2, -0.15) is 0 Å². The third kappa shape index (κ3) is 5.49. The molecule has 0 N–H and O–H groups in total. The van der Waals surface area contributed by atoms with Gasteiger partial charge in [0, 0.05) is 38.2 Å². The second-order valence-corrected chi connectivity index (χ2v) is 7.18. The van der Waals surface area contributed by atoms with Gasteiger partial charge in [-0.15, -0.1) is 0 Å². The van der Waals surface area contributed by atoms with Crippen molar-refractivity contribution in [2.45, 2.75) is 19.3 Å². The van der Waals surface area contributed by atoms with Crippen molar-refractivity contribution in [2.75, 3.05) is 32.8 Å². The summed E-state index contributed by atoms with van der Waals surface area (Å²) in [4.78, 5) is 28.8. The van der Waals surface area contributed by atoms with E-state index < -0.39 is 0 Å². The van der Waals surface area contributed by atoms with Gasteiger partial charge in [0.2, 0.25) is 5.91 Å². The minimum absolute atomic E-state index is 0.0306. The van der Waals surface area contributed by atoms with Gasteiger partial charge < -0.3 is 14.5 Å². The maximum absolute atomic E-state index is 12.6. The van der Waals surface area contributed by atoms with E-state index in [1.165, 1.54) is 0 Å². The molecule has 1 saturated heterocycles. The van der Waals surface area contributed by atoms with Crippen molar-refractivity contribution >= 4 is 23.4 Å². The van der Waals surface area contributed by atoms with Crippen LogP contribution in [0, 0.1) is 0 Å². The SMILES string of the molecule is O=C(CCCOc1ccccc1Cl)N1CCCN(C(=O)c2ccccc2)CC1. The fourth-order valence-corrected chi connectivity index (χ4v) is 3.45. The van der Waals surface area contributed by atoms with Crippen LogP contribution in [0.3, 0.4) is 0 Å². The smallest absolute Gasteiger partial charge is 0.253 e. The number of benzene rings is 2. The van der Waals surface area contributed by atoms with Crippen LogP contribution in [0.1, 0.15) is 29.6 Å². The highest BCUT2D eigenvalue weighted by Crippen LogP contribution is 2.23. The Morgan fingerprint density at radius 3 is 2.36 bits per heavy atom. The number of para-hydroxylation sites is 1. The van der Waals surface area contributed by atoms with Gasteiger partial charge in [-0.1, -0.05) is 41.9 Å². The summed E-state index contributed by atoms with van der Waals surface area (Å²) in [6.07, 6.45) is 1.85. The van der Waals surface area contributed by atoms with Crippen LogP contribution in [0.15, 0.2) is 54.6 Å². The van der Waals surface area contributed by atoms with Crippen molar-refractivity contribution in [2.24, 2.45) is 0 Å². The van der Waals surface area contributed by atoms with Gasteiger partial charge in [0.05, 0.1) is 11.6 Å². The Labute approximate surface area is 170 Å². The lowest BCUT2D eigenvalue weighted by Gasteiger charge is -2.22. The van der Waals surface area contributed by atoms with Crippen LogP contribution in [0.4, 0.5) is 0 Å². The number of amides is 2. The molecule has 2 amide bonds. The molecule has 2 aromatic carbocycles. The van der Waals surface area contributed by atoms with Gasteiger partial charge >= 0.3 is 0 Å². The average Bonchev–Trinajstić information content (AvgIpc) is 2.99. The molecule has 3 rings (SSSR count). The van der Waals surface area contributed by atoms with Gasteiger partial charge in [0.15, 0.2) is 0 Å². The monoisotopic (exact) mass is 400 g/mol. The molecule has 0 saturated carbocycles. The van der Waals surface area contributed by atoms with Crippen LogP contribution >= 0.6 is 11.6 Å². The molecule has 0 aromatic heterocycles. The number of rotatable bonds is 6. The fourth-order valence-electron chi connectivity index (χ4n) is 3.26. The first-order valence-electron chi connectivity index (χ1n) is 9.64. The number of halogens is 1. The highest BCUT2D eigenvalue weighted by atomic mass is 35.5. The van der Waals surface area contributed by atoms with Crippen molar-refractivity contribution < 1.29 is 14.3 Å². The molecule has 5 nitrogen and oxygen atoms in total. The van der Waals surface area contributed by atoms with E-state index in [1.807, 2.05) is 58.3 Å². The average molecular weight is 401 g/mol. The summed E-state index contributed by atoms with van der Waals surface area (Å²) < 4.78 is 5.64. The number of hydrogen-bond donors (Lipinski definition) is 0. The number of ether oxygens (including phenoxy) is 1. The molecule has 1 heterocycles. The molecule has 0 aliphatic carbocycles. The topological polar surface area (TPSA) is 49.9 Å². The third-order valence-electron chi connectivity index (χ3n) is 4.79. The molecule has 0 unspecified atom stereocenters. The lowest BCUT2D eigenvalue weighted by atomic mass is 10.2. The predicted molar refractivity (Wildman–Crippen MR) is 110 cm³/mol. The third-order valence-corrected chi connectivity index (χ3v) is 5.10. The van der Waals surface area contributed by atoms with Crippen molar-refractivity contribution in [1.82, 2.24) is 9.80 Å². The Morgan fingerprint density at radius 2 is 1.57 bits per heavy atom. The molecular weight excluding hydrogens is 376 g/mol. The second kappa shape index (κ2) is 10.1. The summed E-state index contributed by atoms with van der Waals surface area (Å²) in [6, 6.07) is 16.6. The molecule has 0 bridgehead atoms. The summed E-state index contributed by atoms with van der Waals surface area (Å²) in [7, 11) is 0. The first-order chi connectivity index (χ1) is 13.6. The summed E-state index contributed by atoms with van der Waals surface area (Å²) >= 11 is 6.06. The maximum Gasteiger partial charge on any atom is 0.253 e. The van der Waals surface area contributed by atoms with Crippen LogP contribution in [-0.4, -0.2) is 54.4 Å². The second-order valence-electron chi connectivity index (χ2n) is 6.78. The number of carbonyl (C=O) groups is 2. The van der Waals surface area contributed by atoms with Crippen molar-refractivity contribution in [3.8, 4) is 5.75 Å². The summed E-state index contributed by atoms with van der Waals surface area (Å²) in [5.74, 6) is 0.779. The Bertz CT molecular complexity index is 797. The van der Waals surface area contributed by atoms with Crippen LogP contribution in [0.2, 0.25) is 5.02 Å². The summed E-state index contributed by atoms with van der Waals surface area (Å²) in [6.45, 7) is 2.94. The lowest BCUT2D eigenvalue weighted by Crippen LogP contribution is -2.37. The first kappa shape index (κ1) is 20.2. The number of carbonyl (C=O) groups excluding carboxylic acids is 2. The molecule has 28 heavy (non-hydrogen) atoms. The Morgan fingerprint density at radius 1 is 0.893 bits per heavy atom.